The summed E-state index contributed by atoms with van der Waals surface area (Å²) >= 11 is 0. The number of hydrogen-bond acceptors (Lipinski definition) is 2. The second-order valence-corrected chi connectivity index (χ2v) is 2.21. The maximum Gasteiger partial charge on any atom is 0.129 e. The van der Waals surface area contributed by atoms with Gasteiger partial charge in [0.1, 0.15) is 12.6 Å². The summed E-state index contributed by atoms with van der Waals surface area (Å²) in [5.74, 6) is 0. The Hall–Kier alpha value is -0.120. The molecule has 1 aliphatic heterocycles. The molecule has 0 aliphatic carbocycles. The van der Waals surface area contributed by atoms with Crippen molar-refractivity contribution in [3.8, 4) is 0 Å². The molecule has 3 nitrogen and oxygen atoms in total. The highest BCUT2D eigenvalue weighted by Gasteiger charge is 2.13. The molecule has 0 amide bonds. The highest BCUT2D eigenvalue weighted by atomic mass is 16.6. The van der Waals surface area contributed by atoms with Gasteiger partial charge in [0.15, 0.2) is 0 Å². The summed E-state index contributed by atoms with van der Waals surface area (Å²) < 4.78 is 10.6. The zero-order chi connectivity index (χ0) is 6.53. The van der Waals surface area contributed by atoms with E-state index in [1.54, 1.807) is 0 Å². The summed E-state index contributed by atoms with van der Waals surface area (Å²) in [6.07, 6.45) is 0.323. The quantitative estimate of drug-likeness (QED) is 0.501. The van der Waals surface area contributed by atoms with Crippen LogP contribution in [-0.2, 0) is 9.47 Å². The number of hydrogen-bond donors (Lipinski definition) is 1. The fourth-order valence-corrected chi connectivity index (χ4v) is 0.936. The van der Waals surface area contributed by atoms with Crippen molar-refractivity contribution in [1.82, 2.24) is 0 Å². The average molecular weight is 132 g/mol. The molecule has 0 saturated carbocycles. The van der Waals surface area contributed by atoms with E-state index in [9.17, 15) is 0 Å². The molecule has 0 bridgehead atoms. The van der Waals surface area contributed by atoms with Gasteiger partial charge in [-0.3, -0.25) is 0 Å². The Bertz CT molecular complexity index is 68.7. The van der Waals surface area contributed by atoms with Crippen LogP contribution in [0.5, 0.6) is 0 Å². The van der Waals surface area contributed by atoms with E-state index in [1.807, 2.05) is 7.05 Å². The molecule has 0 unspecified atom stereocenters. The van der Waals surface area contributed by atoms with Gasteiger partial charge < -0.3 is 14.8 Å². The Morgan fingerprint density at radius 3 is 3.00 bits per heavy atom. The van der Waals surface area contributed by atoms with Gasteiger partial charge >= 0.3 is 0 Å². The zero-order valence-electron chi connectivity index (χ0n) is 5.80. The lowest BCUT2D eigenvalue weighted by Crippen LogP contribution is -2.82. The van der Waals surface area contributed by atoms with Gasteiger partial charge in [-0.1, -0.05) is 0 Å². The normalized spacial score (nSPS) is 28.3. The molecular weight excluding hydrogens is 118 g/mol. The van der Waals surface area contributed by atoms with E-state index in [1.165, 1.54) is 0 Å². The number of rotatable bonds is 2. The largest absolute Gasteiger partial charge is 0.376 e. The van der Waals surface area contributed by atoms with E-state index >= 15 is 0 Å². The van der Waals surface area contributed by atoms with E-state index in [0.29, 0.717) is 6.10 Å². The first kappa shape index (κ1) is 6.99. The smallest absolute Gasteiger partial charge is 0.129 e. The van der Waals surface area contributed by atoms with Crippen molar-refractivity contribution >= 4 is 0 Å². The molecule has 1 aliphatic rings. The van der Waals surface area contributed by atoms with Gasteiger partial charge in [0.05, 0.1) is 26.9 Å². The Morgan fingerprint density at radius 2 is 2.44 bits per heavy atom. The lowest BCUT2D eigenvalue weighted by Gasteiger charge is -2.20. The first-order chi connectivity index (χ1) is 4.43. The lowest BCUT2D eigenvalue weighted by molar-refractivity contribution is -0.635. The Balaban J connectivity index is 2.08. The topological polar surface area (TPSA) is 35.1 Å². The lowest BCUT2D eigenvalue weighted by atomic mass is 10.3. The molecule has 1 atom stereocenters. The number of nitrogens with two attached hydrogens (primary N) is 1. The van der Waals surface area contributed by atoms with Crippen LogP contribution < -0.4 is 5.32 Å². The SMILES string of the molecule is C[NH2+]C[C@@H]1COCCO1. The molecule has 3 heteroatoms. The van der Waals surface area contributed by atoms with E-state index in [2.05, 4.69) is 5.32 Å². The third kappa shape index (κ3) is 2.30. The van der Waals surface area contributed by atoms with Gasteiger partial charge in [0.2, 0.25) is 0 Å². The highest BCUT2D eigenvalue weighted by molar-refractivity contribution is 4.56. The third-order valence-electron chi connectivity index (χ3n) is 1.38. The van der Waals surface area contributed by atoms with Gasteiger partial charge in [-0.15, -0.1) is 0 Å². The minimum Gasteiger partial charge on any atom is -0.376 e. The van der Waals surface area contributed by atoms with Gasteiger partial charge in [-0.25, -0.2) is 0 Å². The summed E-state index contributed by atoms with van der Waals surface area (Å²) in [6, 6.07) is 0. The van der Waals surface area contributed by atoms with Crippen molar-refractivity contribution in [2.24, 2.45) is 0 Å². The fourth-order valence-electron chi connectivity index (χ4n) is 0.936. The summed E-state index contributed by atoms with van der Waals surface area (Å²) in [7, 11) is 2.04. The van der Waals surface area contributed by atoms with Gasteiger partial charge in [0.25, 0.3) is 0 Å². The molecule has 0 aromatic heterocycles. The first-order valence-corrected chi connectivity index (χ1v) is 3.40. The van der Waals surface area contributed by atoms with Crippen molar-refractivity contribution in [3.63, 3.8) is 0 Å². The molecule has 0 aromatic carbocycles. The summed E-state index contributed by atoms with van der Waals surface area (Å²) in [5.41, 5.74) is 0. The standard InChI is InChI=1S/C6H13NO2/c1-7-4-6-5-8-2-3-9-6/h6-7H,2-5H2,1H3/p+1/t6-/m1/s1. The molecule has 0 spiro atoms. The molecule has 0 aromatic rings. The molecule has 1 fully saturated rings. The minimum absolute atomic E-state index is 0.323. The van der Waals surface area contributed by atoms with Crippen molar-refractivity contribution in [1.29, 1.82) is 0 Å². The van der Waals surface area contributed by atoms with Crippen LogP contribution in [0.25, 0.3) is 0 Å². The van der Waals surface area contributed by atoms with Crippen molar-refractivity contribution in [3.05, 3.63) is 0 Å². The first-order valence-electron chi connectivity index (χ1n) is 3.40. The van der Waals surface area contributed by atoms with E-state index in [-0.39, 0.29) is 0 Å². The minimum atomic E-state index is 0.323. The fraction of sp³-hybridized carbons (Fsp3) is 1.00. The van der Waals surface area contributed by atoms with Crippen LogP contribution in [0, 0.1) is 0 Å². The Labute approximate surface area is 55.3 Å². The summed E-state index contributed by atoms with van der Waals surface area (Å²) in [4.78, 5) is 0. The van der Waals surface area contributed by atoms with Crippen LogP contribution in [0.2, 0.25) is 0 Å². The molecule has 2 N–H and O–H groups in total. The summed E-state index contributed by atoms with van der Waals surface area (Å²) in [5, 5.41) is 2.11. The molecule has 1 rings (SSSR count). The second-order valence-electron chi connectivity index (χ2n) is 2.21. The van der Waals surface area contributed by atoms with Crippen LogP contribution in [0.15, 0.2) is 0 Å². The van der Waals surface area contributed by atoms with E-state index in [4.69, 9.17) is 9.47 Å². The molecule has 9 heavy (non-hydrogen) atoms. The highest BCUT2D eigenvalue weighted by Crippen LogP contribution is 1.96. The third-order valence-corrected chi connectivity index (χ3v) is 1.38. The predicted octanol–water partition coefficient (Wildman–Crippen LogP) is -1.40. The molecule has 0 radical (unpaired) electrons. The van der Waals surface area contributed by atoms with Crippen molar-refractivity contribution in [2.45, 2.75) is 6.10 Å². The Kier molecular flexibility index (Phi) is 2.97. The molecule has 1 saturated heterocycles. The van der Waals surface area contributed by atoms with Crippen LogP contribution >= 0.6 is 0 Å². The van der Waals surface area contributed by atoms with Crippen LogP contribution in [0.3, 0.4) is 0 Å². The predicted molar refractivity (Wildman–Crippen MR) is 33.3 cm³/mol. The average Bonchev–Trinajstić information content (AvgIpc) is 1.91. The van der Waals surface area contributed by atoms with Gasteiger partial charge in [-0.2, -0.15) is 0 Å². The second kappa shape index (κ2) is 3.82. The molecular formula is C6H14NO2+. The van der Waals surface area contributed by atoms with E-state index < -0.39 is 0 Å². The van der Waals surface area contributed by atoms with Crippen molar-refractivity contribution < 1.29 is 14.8 Å². The van der Waals surface area contributed by atoms with Crippen LogP contribution in [0.4, 0.5) is 0 Å². The van der Waals surface area contributed by atoms with E-state index in [0.717, 1.165) is 26.4 Å². The molecule has 1 heterocycles. The maximum absolute atomic E-state index is 5.36. The Morgan fingerprint density at radius 1 is 1.56 bits per heavy atom. The maximum atomic E-state index is 5.36. The summed E-state index contributed by atoms with van der Waals surface area (Å²) in [6.45, 7) is 3.31. The molecule has 54 valence electrons. The number of likely N-dealkylation sites (N-methyl/N-ethyl adjacent to an activating group) is 1. The van der Waals surface area contributed by atoms with Gasteiger partial charge in [0, 0.05) is 0 Å². The number of ether oxygens (including phenoxy) is 2. The van der Waals surface area contributed by atoms with Crippen molar-refractivity contribution in [2.75, 3.05) is 33.4 Å². The zero-order valence-corrected chi connectivity index (χ0v) is 5.80. The number of quaternary nitrogens is 1. The van der Waals surface area contributed by atoms with Crippen LogP contribution in [0.1, 0.15) is 0 Å². The monoisotopic (exact) mass is 132 g/mol. The van der Waals surface area contributed by atoms with Gasteiger partial charge in [-0.05, 0) is 0 Å². The van der Waals surface area contributed by atoms with Crippen LogP contribution in [-0.4, -0.2) is 39.5 Å².